The Labute approximate surface area is 113 Å². The molecule has 1 aliphatic heterocycles. The van der Waals surface area contributed by atoms with Crippen molar-refractivity contribution in [1.82, 2.24) is 0 Å². The summed E-state index contributed by atoms with van der Waals surface area (Å²) in [5.74, 6) is -0.157. The average Bonchev–Trinajstić information content (AvgIpc) is 2.46. The molecule has 0 aliphatic carbocycles. The van der Waals surface area contributed by atoms with Crippen molar-refractivity contribution >= 4 is 11.6 Å². The van der Waals surface area contributed by atoms with Crippen LogP contribution < -0.4 is 11.1 Å². The highest BCUT2D eigenvalue weighted by Crippen LogP contribution is 2.13. The summed E-state index contributed by atoms with van der Waals surface area (Å²) in [6, 6.07) is 7.80. The van der Waals surface area contributed by atoms with Crippen LogP contribution in [0.15, 0.2) is 24.3 Å². The first-order valence-corrected chi connectivity index (χ1v) is 6.59. The van der Waals surface area contributed by atoms with Crippen LogP contribution in [0.5, 0.6) is 0 Å². The molecule has 5 nitrogen and oxygen atoms in total. The fourth-order valence-corrected chi connectivity index (χ4v) is 1.97. The number of hydrogen-bond donors (Lipinski definition) is 2. The molecule has 19 heavy (non-hydrogen) atoms. The standard InChI is InChI=1S/C14H20N2O3/c15-6-2-4-11-3-1-5-12(9-11)16-14(17)13-10-18-7-8-19-13/h1,3,5,9,13H,2,4,6-8,10,15H2,(H,16,17). The molecule has 2 rings (SSSR count). The molecule has 0 spiro atoms. The van der Waals surface area contributed by atoms with Crippen LogP contribution in [0.2, 0.25) is 0 Å². The zero-order chi connectivity index (χ0) is 13.5. The SMILES string of the molecule is NCCCc1cccc(NC(=O)C2COCCO2)c1. The molecule has 1 amide bonds. The van der Waals surface area contributed by atoms with Crippen molar-refractivity contribution in [2.24, 2.45) is 5.73 Å². The van der Waals surface area contributed by atoms with Crippen LogP contribution in [0.25, 0.3) is 0 Å². The molecule has 1 aliphatic rings. The lowest BCUT2D eigenvalue weighted by atomic mass is 10.1. The summed E-state index contributed by atoms with van der Waals surface area (Å²) < 4.78 is 10.6. The monoisotopic (exact) mass is 264 g/mol. The van der Waals surface area contributed by atoms with Gasteiger partial charge in [-0.25, -0.2) is 0 Å². The van der Waals surface area contributed by atoms with Gasteiger partial charge in [0.15, 0.2) is 6.10 Å². The first-order chi connectivity index (χ1) is 9.29. The van der Waals surface area contributed by atoms with E-state index < -0.39 is 6.10 Å². The van der Waals surface area contributed by atoms with Crippen LogP contribution in [0, 0.1) is 0 Å². The van der Waals surface area contributed by atoms with Crippen LogP contribution in [0.1, 0.15) is 12.0 Å². The molecular weight excluding hydrogens is 244 g/mol. The normalized spacial score (nSPS) is 19.1. The number of nitrogens with one attached hydrogen (secondary N) is 1. The minimum Gasteiger partial charge on any atom is -0.376 e. The average molecular weight is 264 g/mol. The largest absolute Gasteiger partial charge is 0.376 e. The van der Waals surface area contributed by atoms with E-state index in [4.69, 9.17) is 15.2 Å². The number of rotatable bonds is 5. The molecule has 1 unspecified atom stereocenters. The Bertz CT molecular complexity index is 417. The molecule has 104 valence electrons. The van der Waals surface area contributed by atoms with Crippen molar-refractivity contribution in [2.45, 2.75) is 18.9 Å². The second-order valence-electron chi connectivity index (χ2n) is 4.52. The van der Waals surface area contributed by atoms with Crippen molar-refractivity contribution < 1.29 is 14.3 Å². The molecule has 0 saturated carbocycles. The van der Waals surface area contributed by atoms with Crippen LogP contribution in [0.3, 0.4) is 0 Å². The molecule has 1 atom stereocenters. The zero-order valence-electron chi connectivity index (χ0n) is 10.9. The summed E-state index contributed by atoms with van der Waals surface area (Å²) in [7, 11) is 0. The fraction of sp³-hybridized carbons (Fsp3) is 0.500. The number of amides is 1. The van der Waals surface area contributed by atoms with Gasteiger partial charge >= 0.3 is 0 Å². The second kappa shape index (κ2) is 7.23. The van der Waals surface area contributed by atoms with Crippen LogP contribution >= 0.6 is 0 Å². The lowest BCUT2D eigenvalue weighted by Crippen LogP contribution is -2.39. The predicted molar refractivity (Wildman–Crippen MR) is 73.0 cm³/mol. The molecule has 0 aromatic heterocycles. The van der Waals surface area contributed by atoms with E-state index in [0.717, 1.165) is 18.5 Å². The molecule has 1 heterocycles. The number of hydrogen-bond acceptors (Lipinski definition) is 4. The predicted octanol–water partition coefficient (Wildman–Crippen LogP) is 0.932. The van der Waals surface area contributed by atoms with Gasteiger partial charge in [0, 0.05) is 5.69 Å². The molecule has 0 bridgehead atoms. The van der Waals surface area contributed by atoms with Crippen LogP contribution in [0.4, 0.5) is 5.69 Å². The number of aryl methyl sites for hydroxylation is 1. The van der Waals surface area contributed by atoms with Gasteiger partial charge in [-0.05, 0) is 37.1 Å². The third kappa shape index (κ3) is 4.31. The molecule has 1 saturated heterocycles. The van der Waals surface area contributed by atoms with Crippen molar-refractivity contribution in [3.8, 4) is 0 Å². The van der Waals surface area contributed by atoms with E-state index in [0.29, 0.717) is 26.4 Å². The van der Waals surface area contributed by atoms with E-state index in [1.807, 2.05) is 24.3 Å². The number of ether oxygens (including phenoxy) is 2. The third-order valence-electron chi connectivity index (χ3n) is 2.97. The van der Waals surface area contributed by atoms with Gasteiger partial charge in [-0.3, -0.25) is 4.79 Å². The van der Waals surface area contributed by atoms with E-state index >= 15 is 0 Å². The van der Waals surface area contributed by atoms with E-state index in [1.165, 1.54) is 5.56 Å². The van der Waals surface area contributed by atoms with Crippen molar-refractivity contribution in [1.29, 1.82) is 0 Å². The van der Waals surface area contributed by atoms with Crippen molar-refractivity contribution in [3.05, 3.63) is 29.8 Å². The summed E-state index contributed by atoms with van der Waals surface area (Å²) in [5, 5.41) is 2.85. The summed E-state index contributed by atoms with van der Waals surface area (Å²) >= 11 is 0. The quantitative estimate of drug-likeness (QED) is 0.830. The maximum atomic E-state index is 12.0. The Morgan fingerprint density at radius 3 is 3.05 bits per heavy atom. The van der Waals surface area contributed by atoms with Gasteiger partial charge < -0.3 is 20.5 Å². The number of carbonyl (C=O) groups is 1. The zero-order valence-corrected chi connectivity index (χ0v) is 10.9. The van der Waals surface area contributed by atoms with Gasteiger partial charge in [0.2, 0.25) is 0 Å². The highest BCUT2D eigenvalue weighted by Gasteiger charge is 2.22. The second-order valence-corrected chi connectivity index (χ2v) is 4.52. The molecule has 1 fully saturated rings. The Morgan fingerprint density at radius 1 is 1.42 bits per heavy atom. The number of benzene rings is 1. The van der Waals surface area contributed by atoms with E-state index in [1.54, 1.807) is 0 Å². The van der Waals surface area contributed by atoms with Crippen LogP contribution in [-0.4, -0.2) is 38.4 Å². The first kappa shape index (κ1) is 14.0. The van der Waals surface area contributed by atoms with E-state index in [2.05, 4.69) is 5.32 Å². The van der Waals surface area contributed by atoms with Gasteiger partial charge in [0.05, 0.1) is 19.8 Å². The van der Waals surface area contributed by atoms with Crippen molar-refractivity contribution in [2.75, 3.05) is 31.7 Å². The van der Waals surface area contributed by atoms with Gasteiger partial charge in [0.1, 0.15) is 0 Å². The Morgan fingerprint density at radius 2 is 2.32 bits per heavy atom. The minimum absolute atomic E-state index is 0.157. The number of carbonyl (C=O) groups excluding carboxylic acids is 1. The van der Waals surface area contributed by atoms with Gasteiger partial charge in [-0.2, -0.15) is 0 Å². The Hall–Kier alpha value is -1.43. The molecule has 5 heteroatoms. The third-order valence-corrected chi connectivity index (χ3v) is 2.97. The maximum absolute atomic E-state index is 12.0. The summed E-state index contributed by atoms with van der Waals surface area (Å²) in [6.45, 7) is 2.01. The van der Waals surface area contributed by atoms with Crippen LogP contribution in [-0.2, 0) is 20.7 Å². The Balaban J connectivity index is 1.92. The molecule has 1 aromatic rings. The van der Waals surface area contributed by atoms with Gasteiger partial charge in [-0.15, -0.1) is 0 Å². The fourth-order valence-electron chi connectivity index (χ4n) is 1.97. The van der Waals surface area contributed by atoms with E-state index in [-0.39, 0.29) is 5.91 Å². The number of nitrogens with two attached hydrogens (primary N) is 1. The molecule has 0 radical (unpaired) electrons. The molecular formula is C14H20N2O3. The highest BCUT2D eigenvalue weighted by atomic mass is 16.6. The number of anilines is 1. The summed E-state index contributed by atoms with van der Waals surface area (Å²) in [4.78, 5) is 12.0. The van der Waals surface area contributed by atoms with Gasteiger partial charge in [0.25, 0.3) is 5.91 Å². The van der Waals surface area contributed by atoms with E-state index in [9.17, 15) is 4.79 Å². The smallest absolute Gasteiger partial charge is 0.255 e. The summed E-state index contributed by atoms with van der Waals surface area (Å²) in [5.41, 5.74) is 7.45. The first-order valence-electron chi connectivity index (χ1n) is 6.59. The molecule has 3 N–H and O–H groups in total. The van der Waals surface area contributed by atoms with Crippen molar-refractivity contribution in [3.63, 3.8) is 0 Å². The topological polar surface area (TPSA) is 73.6 Å². The highest BCUT2D eigenvalue weighted by molar-refractivity contribution is 5.94. The Kier molecular flexibility index (Phi) is 5.32. The van der Waals surface area contributed by atoms with Gasteiger partial charge in [-0.1, -0.05) is 12.1 Å². The molecule has 1 aromatic carbocycles. The minimum atomic E-state index is -0.513. The lowest BCUT2D eigenvalue weighted by Gasteiger charge is -2.22. The summed E-state index contributed by atoms with van der Waals surface area (Å²) in [6.07, 6.45) is 1.35. The lowest BCUT2D eigenvalue weighted by molar-refractivity contribution is -0.142. The maximum Gasteiger partial charge on any atom is 0.255 e.